The molecular formula is C12H20O2. The summed E-state index contributed by atoms with van der Waals surface area (Å²) in [6, 6.07) is 0. The van der Waals surface area contributed by atoms with Crippen molar-refractivity contribution >= 4 is 0 Å². The van der Waals surface area contributed by atoms with Gasteiger partial charge in [0.2, 0.25) is 0 Å². The van der Waals surface area contributed by atoms with Crippen molar-refractivity contribution in [2.24, 2.45) is 0 Å². The van der Waals surface area contributed by atoms with Crippen LogP contribution < -0.4 is 0 Å². The van der Waals surface area contributed by atoms with Crippen LogP contribution >= 0.6 is 0 Å². The Hall–Kier alpha value is -0.340. The van der Waals surface area contributed by atoms with Crippen molar-refractivity contribution in [3.63, 3.8) is 0 Å². The molecule has 2 aliphatic rings. The van der Waals surface area contributed by atoms with E-state index in [1.54, 1.807) is 0 Å². The van der Waals surface area contributed by atoms with Crippen molar-refractivity contribution in [1.29, 1.82) is 0 Å². The summed E-state index contributed by atoms with van der Waals surface area (Å²) in [6.45, 7) is 5.16. The van der Waals surface area contributed by atoms with Crippen LogP contribution in [0.3, 0.4) is 0 Å². The van der Waals surface area contributed by atoms with Gasteiger partial charge in [-0.25, -0.2) is 0 Å². The maximum atomic E-state index is 6.06. The Kier molecular flexibility index (Phi) is 2.93. The monoisotopic (exact) mass is 196 g/mol. The number of hydrogen-bond donors (Lipinski definition) is 0. The van der Waals surface area contributed by atoms with Gasteiger partial charge in [0, 0.05) is 6.61 Å². The SMILES string of the molecule is C/C=C/[C@@H]1CC[C@@](C)([C@H]2CCCO2)O1. The van der Waals surface area contributed by atoms with E-state index in [-0.39, 0.29) is 5.60 Å². The van der Waals surface area contributed by atoms with E-state index in [1.807, 2.05) is 6.92 Å². The zero-order valence-electron chi connectivity index (χ0n) is 9.16. The number of rotatable bonds is 2. The second-order valence-electron chi connectivity index (χ2n) is 4.54. The fourth-order valence-corrected chi connectivity index (χ4v) is 2.54. The Morgan fingerprint density at radius 1 is 1.36 bits per heavy atom. The van der Waals surface area contributed by atoms with E-state index in [0.29, 0.717) is 12.2 Å². The van der Waals surface area contributed by atoms with Crippen LogP contribution in [0.15, 0.2) is 12.2 Å². The maximum Gasteiger partial charge on any atom is 0.0924 e. The van der Waals surface area contributed by atoms with Gasteiger partial charge in [0.25, 0.3) is 0 Å². The molecule has 0 aliphatic carbocycles. The Bertz CT molecular complexity index is 218. The van der Waals surface area contributed by atoms with Gasteiger partial charge in [-0.2, -0.15) is 0 Å². The molecule has 0 bridgehead atoms. The molecule has 2 fully saturated rings. The van der Waals surface area contributed by atoms with Crippen LogP contribution in [-0.4, -0.2) is 24.4 Å². The molecular weight excluding hydrogens is 176 g/mol. The summed E-state index contributed by atoms with van der Waals surface area (Å²) < 4.78 is 11.8. The van der Waals surface area contributed by atoms with E-state index in [1.165, 1.54) is 12.8 Å². The molecule has 80 valence electrons. The second kappa shape index (κ2) is 4.03. The summed E-state index contributed by atoms with van der Waals surface area (Å²) in [7, 11) is 0. The highest BCUT2D eigenvalue weighted by atomic mass is 16.6. The molecule has 2 heterocycles. The smallest absolute Gasteiger partial charge is 0.0924 e. The molecule has 14 heavy (non-hydrogen) atoms. The van der Waals surface area contributed by atoms with Crippen LogP contribution in [0.1, 0.15) is 39.5 Å². The Morgan fingerprint density at radius 3 is 2.86 bits per heavy atom. The minimum absolute atomic E-state index is 0.0271. The van der Waals surface area contributed by atoms with Crippen molar-refractivity contribution in [2.45, 2.75) is 57.3 Å². The van der Waals surface area contributed by atoms with E-state index in [4.69, 9.17) is 9.47 Å². The zero-order valence-corrected chi connectivity index (χ0v) is 9.16. The van der Waals surface area contributed by atoms with Crippen molar-refractivity contribution < 1.29 is 9.47 Å². The third-order valence-corrected chi connectivity index (χ3v) is 3.36. The molecule has 2 aliphatic heterocycles. The zero-order chi connectivity index (χ0) is 10.0. The maximum absolute atomic E-state index is 6.06. The first-order valence-electron chi connectivity index (χ1n) is 5.67. The highest BCUT2D eigenvalue weighted by Gasteiger charge is 2.43. The molecule has 2 heteroatoms. The highest BCUT2D eigenvalue weighted by molar-refractivity contribution is 4.99. The summed E-state index contributed by atoms with van der Waals surface area (Å²) in [4.78, 5) is 0. The minimum atomic E-state index is -0.0271. The molecule has 0 amide bonds. The minimum Gasteiger partial charge on any atom is -0.375 e. The van der Waals surface area contributed by atoms with Gasteiger partial charge < -0.3 is 9.47 Å². The quantitative estimate of drug-likeness (QED) is 0.632. The number of ether oxygens (including phenoxy) is 2. The summed E-state index contributed by atoms with van der Waals surface area (Å²) in [6.07, 6.45) is 9.50. The Balaban J connectivity index is 1.97. The van der Waals surface area contributed by atoms with E-state index in [9.17, 15) is 0 Å². The van der Waals surface area contributed by atoms with Gasteiger partial charge in [-0.3, -0.25) is 0 Å². The molecule has 3 atom stereocenters. The van der Waals surface area contributed by atoms with Crippen molar-refractivity contribution in [3.05, 3.63) is 12.2 Å². The molecule has 0 saturated carbocycles. The largest absolute Gasteiger partial charge is 0.375 e. The molecule has 2 saturated heterocycles. The van der Waals surface area contributed by atoms with Gasteiger partial charge in [-0.1, -0.05) is 12.2 Å². The van der Waals surface area contributed by atoms with E-state index in [0.717, 1.165) is 19.4 Å². The van der Waals surface area contributed by atoms with Crippen molar-refractivity contribution in [1.82, 2.24) is 0 Å². The Labute approximate surface area is 86.3 Å². The first-order valence-corrected chi connectivity index (χ1v) is 5.67. The molecule has 0 spiro atoms. The summed E-state index contributed by atoms with van der Waals surface area (Å²) in [5.41, 5.74) is -0.0271. The number of hydrogen-bond acceptors (Lipinski definition) is 2. The predicted molar refractivity (Wildman–Crippen MR) is 56.3 cm³/mol. The lowest BCUT2D eigenvalue weighted by molar-refractivity contribution is -0.101. The normalized spacial score (nSPS) is 43.9. The van der Waals surface area contributed by atoms with E-state index in [2.05, 4.69) is 19.1 Å². The number of allylic oxidation sites excluding steroid dienone is 1. The van der Waals surface area contributed by atoms with E-state index < -0.39 is 0 Å². The topological polar surface area (TPSA) is 18.5 Å². The first-order chi connectivity index (χ1) is 6.74. The van der Waals surface area contributed by atoms with Gasteiger partial charge in [0.15, 0.2) is 0 Å². The van der Waals surface area contributed by atoms with Gasteiger partial charge in [0.1, 0.15) is 0 Å². The second-order valence-corrected chi connectivity index (χ2v) is 4.54. The molecule has 2 rings (SSSR count). The lowest BCUT2D eigenvalue weighted by atomic mass is 9.93. The van der Waals surface area contributed by atoms with Gasteiger partial charge in [-0.05, 0) is 39.5 Å². The van der Waals surface area contributed by atoms with Gasteiger partial charge in [0.05, 0.1) is 17.8 Å². The molecule has 0 unspecified atom stereocenters. The van der Waals surface area contributed by atoms with Crippen LogP contribution in [0.4, 0.5) is 0 Å². The van der Waals surface area contributed by atoms with Crippen molar-refractivity contribution in [3.8, 4) is 0 Å². The van der Waals surface area contributed by atoms with Gasteiger partial charge >= 0.3 is 0 Å². The average Bonchev–Trinajstić information content (AvgIpc) is 2.75. The molecule has 0 N–H and O–H groups in total. The lowest BCUT2D eigenvalue weighted by Gasteiger charge is -2.30. The third-order valence-electron chi connectivity index (χ3n) is 3.36. The van der Waals surface area contributed by atoms with Crippen molar-refractivity contribution in [2.75, 3.05) is 6.61 Å². The lowest BCUT2D eigenvalue weighted by Crippen LogP contribution is -2.38. The molecule has 0 aromatic rings. The predicted octanol–water partition coefficient (Wildman–Crippen LogP) is 2.68. The standard InChI is InChI=1S/C12H20O2/c1-3-5-10-7-8-12(2,14-10)11-6-4-9-13-11/h3,5,10-11H,4,6-9H2,1-2H3/b5-3+/t10-,11-,12+/m1/s1. The fraction of sp³-hybridized carbons (Fsp3) is 0.833. The van der Waals surface area contributed by atoms with Crippen LogP contribution in [0.2, 0.25) is 0 Å². The highest BCUT2D eigenvalue weighted by Crippen LogP contribution is 2.38. The van der Waals surface area contributed by atoms with E-state index >= 15 is 0 Å². The first kappa shape index (κ1) is 10.2. The average molecular weight is 196 g/mol. The van der Waals surface area contributed by atoms with Crippen LogP contribution in [-0.2, 0) is 9.47 Å². The summed E-state index contributed by atoms with van der Waals surface area (Å²) in [5.74, 6) is 0. The van der Waals surface area contributed by atoms with Crippen LogP contribution in [0, 0.1) is 0 Å². The van der Waals surface area contributed by atoms with Gasteiger partial charge in [-0.15, -0.1) is 0 Å². The summed E-state index contributed by atoms with van der Waals surface area (Å²) >= 11 is 0. The fourth-order valence-electron chi connectivity index (χ4n) is 2.54. The summed E-state index contributed by atoms with van der Waals surface area (Å²) in [5, 5.41) is 0. The third kappa shape index (κ3) is 1.86. The van der Waals surface area contributed by atoms with Crippen LogP contribution in [0.5, 0.6) is 0 Å². The molecule has 0 radical (unpaired) electrons. The van der Waals surface area contributed by atoms with Crippen LogP contribution in [0.25, 0.3) is 0 Å². The molecule has 0 aromatic heterocycles. The molecule has 2 nitrogen and oxygen atoms in total. The molecule has 0 aromatic carbocycles. The Morgan fingerprint density at radius 2 is 2.21 bits per heavy atom.